The molecule has 0 unspecified atom stereocenters. The van der Waals surface area contributed by atoms with Crippen LogP contribution in [0.25, 0.3) is 0 Å². The molecule has 1 aliphatic rings. The third kappa shape index (κ3) is 3.12. The van der Waals surface area contributed by atoms with Crippen LogP contribution in [0.3, 0.4) is 0 Å². The van der Waals surface area contributed by atoms with Crippen molar-refractivity contribution in [1.29, 1.82) is 0 Å². The molecule has 1 heterocycles. The smallest absolute Gasteiger partial charge is 0.369 e. The first-order valence-electron chi connectivity index (χ1n) is 6.92. The lowest BCUT2D eigenvalue weighted by atomic mass is 9.92. The lowest BCUT2D eigenvalue weighted by molar-refractivity contribution is -0.376. The molecule has 3 nitrogen and oxygen atoms in total. The second-order valence-electron chi connectivity index (χ2n) is 5.50. The van der Waals surface area contributed by atoms with Crippen molar-refractivity contribution in [2.45, 2.75) is 30.9 Å². The molecule has 1 saturated heterocycles. The summed E-state index contributed by atoms with van der Waals surface area (Å²) in [5.74, 6) is 0. The summed E-state index contributed by atoms with van der Waals surface area (Å²) in [5.41, 5.74) is -5.62. The van der Waals surface area contributed by atoms with E-state index < -0.39 is 23.5 Å². The molecule has 0 spiro atoms. The van der Waals surface area contributed by atoms with Gasteiger partial charge in [0.2, 0.25) is 0 Å². The highest BCUT2D eigenvalue weighted by Gasteiger charge is 2.71. The molecule has 0 saturated carbocycles. The number of hydrogen-bond donors (Lipinski definition) is 2. The maximum absolute atomic E-state index is 12.8. The third-order valence-electron chi connectivity index (χ3n) is 3.94. The maximum atomic E-state index is 12.8. The first-order valence-corrected chi connectivity index (χ1v) is 6.92. The molecule has 130 valence electrons. The summed E-state index contributed by atoms with van der Waals surface area (Å²) in [6.45, 7) is 3.81. The molecule has 0 aromatic heterocycles. The van der Waals surface area contributed by atoms with Crippen LogP contribution in [-0.4, -0.2) is 43.1 Å². The largest absolute Gasteiger partial charge is 0.430 e. The van der Waals surface area contributed by atoms with Gasteiger partial charge in [-0.3, -0.25) is 0 Å². The molecule has 2 rings (SSSR count). The highest BCUT2D eigenvalue weighted by molar-refractivity contribution is 5.50. The quantitative estimate of drug-likeness (QED) is 0.812. The molecule has 1 aliphatic heterocycles. The van der Waals surface area contributed by atoms with Gasteiger partial charge in [-0.2, -0.15) is 26.3 Å². The van der Waals surface area contributed by atoms with Crippen molar-refractivity contribution in [3.8, 4) is 0 Å². The Morgan fingerprint density at radius 2 is 1.57 bits per heavy atom. The van der Waals surface area contributed by atoms with Gasteiger partial charge in [0, 0.05) is 36.9 Å². The fourth-order valence-corrected chi connectivity index (χ4v) is 2.61. The minimum absolute atomic E-state index is 0.0544. The van der Waals surface area contributed by atoms with Crippen LogP contribution in [0.5, 0.6) is 0 Å². The monoisotopic (exact) mass is 342 g/mol. The number of aliphatic hydroxyl groups is 1. The zero-order valence-corrected chi connectivity index (χ0v) is 12.2. The van der Waals surface area contributed by atoms with Crippen molar-refractivity contribution in [3.05, 3.63) is 29.8 Å². The molecular formula is C14H16F6N2O. The second kappa shape index (κ2) is 5.86. The van der Waals surface area contributed by atoms with E-state index in [1.165, 1.54) is 12.1 Å². The SMILES string of the molecule is C[C@H]1CNCCN1c1ccc(C(O)(C(F)(F)F)C(F)(F)F)cc1. The topological polar surface area (TPSA) is 35.5 Å². The summed E-state index contributed by atoms with van der Waals surface area (Å²) in [7, 11) is 0. The van der Waals surface area contributed by atoms with E-state index in [2.05, 4.69) is 5.32 Å². The van der Waals surface area contributed by atoms with Gasteiger partial charge in [0.05, 0.1) is 0 Å². The highest BCUT2D eigenvalue weighted by atomic mass is 19.4. The van der Waals surface area contributed by atoms with Crippen molar-refractivity contribution in [3.63, 3.8) is 0 Å². The fraction of sp³-hybridized carbons (Fsp3) is 0.571. The summed E-state index contributed by atoms with van der Waals surface area (Å²) in [6.07, 6.45) is -11.7. The van der Waals surface area contributed by atoms with E-state index in [0.717, 1.165) is 0 Å². The summed E-state index contributed by atoms with van der Waals surface area (Å²) < 4.78 is 76.9. The van der Waals surface area contributed by atoms with E-state index in [-0.39, 0.29) is 6.04 Å². The maximum Gasteiger partial charge on any atom is 0.430 e. The van der Waals surface area contributed by atoms with Crippen molar-refractivity contribution in [2.24, 2.45) is 0 Å². The summed E-state index contributed by atoms with van der Waals surface area (Å²) >= 11 is 0. The van der Waals surface area contributed by atoms with E-state index in [4.69, 9.17) is 0 Å². The number of halogens is 6. The lowest BCUT2D eigenvalue weighted by Crippen LogP contribution is -2.54. The zero-order chi connectivity index (χ0) is 17.5. The molecule has 2 N–H and O–H groups in total. The zero-order valence-electron chi connectivity index (χ0n) is 12.2. The Labute approximate surface area is 128 Å². The molecular weight excluding hydrogens is 326 g/mol. The van der Waals surface area contributed by atoms with Crippen LogP contribution in [0.1, 0.15) is 12.5 Å². The summed E-state index contributed by atoms with van der Waals surface area (Å²) in [4.78, 5) is 1.88. The van der Waals surface area contributed by atoms with Gasteiger partial charge >= 0.3 is 12.4 Å². The number of alkyl halides is 6. The number of nitrogens with one attached hydrogen (secondary N) is 1. The number of rotatable bonds is 2. The van der Waals surface area contributed by atoms with Crippen LogP contribution in [0, 0.1) is 0 Å². The number of anilines is 1. The number of benzene rings is 1. The van der Waals surface area contributed by atoms with Crippen molar-refractivity contribution < 1.29 is 31.4 Å². The minimum atomic E-state index is -5.87. The summed E-state index contributed by atoms with van der Waals surface area (Å²) in [5, 5.41) is 12.5. The molecule has 1 aromatic rings. The molecule has 0 aliphatic carbocycles. The van der Waals surface area contributed by atoms with Crippen LogP contribution < -0.4 is 10.2 Å². The molecule has 0 radical (unpaired) electrons. The number of piperazine rings is 1. The Morgan fingerprint density at radius 1 is 1.04 bits per heavy atom. The summed E-state index contributed by atoms with van der Waals surface area (Å²) in [6, 6.07) is 3.73. The normalized spacial score (nSPS) is 20.7. The van der Waals surface area contributed by atoms with E-state index in [9.17, 15) is 31.4 Å². The highest BCUT2D eigenvalue weighted by Crippen LogP contribution is 2.50. The first kappa shape index (κ1) is 17.9. The van der Waals surface area contributed by atoms with Gasteiger partial charge in [0.25, 0.3) is 5.60 Å². The van der Waals surface area contributed by atoms with Crippen LogP contribution in [0.4, 0.5) is 32.0 Å². The fourth-order valence-electron chi connectivity index (χ4n) is 2.61. The van der Waals surface area contributed by atoms with E-state index in [0.29, 0.717) is 37.5 Å². The average molecular weight is 342 g/mol. The van der Waals surface area contributed by atoms with Crippen LogP contribution >= 0.6 is 0 Å². The van der Waals surface area contributed by atoms with Gasteiger partial charge < -0.3 is 15.3 Å². The molecule has 0 amide bonds. The predicted molar refractivity (Wildman–Crippen MR) is 72.1 cm³/mol. The third-order valence-corrected chi connectivity index (χ3v) is 3.94. The van der Waals surface area contributed by atoms with Gasteiger partial charge in [0.15, 0.2) is 0 Å². The van der Waals surface area contributed by atoms with Crippen molar-refractivity contribution >= 4 is 5.69 Å². The molecule has 1 fully saturated rings. The van der Waals surface area contributed by atoms with E-state index in [1.54, 1.807) is 0 Å². The molecule has 1 atom stereocenters. The Morgan fingerprint density at radius 3 is 2.00 bits per heavy atom. The van der Waals surface area contributed by atoms with Crippen LogP contribution in [0.15, 0.2) is 24.3 Å². The standard InChI is InChI=1S/C14H16F6N2O/c1-9-8-21-6-7-22(9)11-4-2-10(3-5-11)12(23,13(15,16)17)14(18,19)20/h2-5,9,21,23H,6-8H2,1H3/t9-/m0/s1. The molecule has 23 heavy (non-hydrogen) atoms. The molecule has 1 aromatic carbocycles. The van der Waals surface area contributed by atoms with Crippen molar-refractivity contribution in [1.82, 2.24) is 5.32 Å². The van der Waals surface area contributed by atoms with Gasteiger partial charge in [-0.15, -0.1) is 0 Å². The second-order valence-corrected chi connectivity index (χ2v) is 5.50. The predicted octanol–water partition coefficient (Wildman–Crippen LogP) is 2.80. The number of nitrogens with zero attached hydrogens (tertiary/aromatic N) is 1. The Kier molecular flexibility index (Phi) is 4.55. The van der Waals surface area contributed by atoms with Crippen LogP contribution in [0.2, 0.25) is 0 Å². The molecule has 9 heteroatoms. The van der Waals surface area contributed by atoms with Crippen LogP contribution in [-0.2, 0) is 5.60 Å². The lowest BCUT2D eigenvalue weighted by Gasteiger charge is -2.37. The van der Waals surface area contributed by atoms with Gasteiger partial charge in [-0.25, -0.2) is 0 Å². The van der Waals surface area contributed by atoms with E-state index in [1.807, 2.05) is 11.8 Å². The van der Waals surface area contributed by atoms with Crippen molar-refractivity contribution in [2.75, 3.05) is 24.5 Å². The Balaban J connectivity index is 2.37. The van der Waals surface area contributed by atoms with Gasteiger partial charge in [0.1, 0.15) is 0 Å². The van der Waals surface area contributed by atoms with Gasteiger partial charge in [-0.05, 0) is 19.1 Å². The minimum Gasteiger partial charge on any atom is -0.369 e. The average Bonchev–Trinajstić information content (AvgIpc) is 2.45. The molecule has 0 bridgehead atoms. The van der Waals surface area contributed by atoms with Gasteiger partial charge in [-0.1, -0.05) is 12.1 Å². The Bertz CT molecular complexity index is 526. The Hall–Kier alpha value is -1.48. The first-order chi connectivity index (χ1) is 10.5. The number of hydrogen-bond acceptors (Lipinski definition) is 3. The van der Waals surface area contributed by atoms with E-state index >= 15 is 0 Å².